The van der Waals surface area contributed by atoms with E-state index in [4.69, 9.17) is 16.3 Å². The Bertz CT molecular complexity index is 268. The molecule has 3 unspecified atom stereocenters. The largest absolute Gasteiger partial charge is 0.444 e. The molecule has 5 nitrogen and oxygen atoms in total. The van der Waals surface area contributed by atoms with Crippen LogP contribution >= 0.6 is 11.6 Å². The summed E-state index contributed by atoms with van der Waals surface area (Å²) in [5, 5.41) is 14.9. The maximum Gasteiger partial charge on any atom is 0.407 e. The molecule has 0 radical (unpaired) electrons. The third-order valence-electron chi connectivity index (χ3n) is 2.60. The van der Waals surface area contributed by atoms with Crippen LogP contribution in [0.4, 0.5) is 4.79 Å². The number of alkyl halides is 1. The average molecular weight is 265 g/mol. The molecule has 1 fully saturated rings. The molecule has 3 atom stereocenters. The van der Waals surface area contributed by atoms with Crippen LogP contribution in [0.25, 0.3) is 0 Å². The quantitative estimate of drug-likeness (QED) is 0.642. The molecule has 0 bridgehead atoms. The van der Waals surface area contributed by atoms with Crippen LogP contribution < -0.4 is 10.6 Å². The lowest BCUT2D eigenvalue weighted by molar-refractivity contribution is 0.0457. The summed E-state index contributed by atoms with van der Waals surface area (Å²) in [7, 11) is 0. The van der Waals surface area contributed by atoms with E-state index >= 15 is 0 Å². The van der Waals surface area contributed by atoms with Crippen molar-refractivity contribution < 1.29 is 14.6 Å². The van der Waals surface area contributed by atoms with Crippen molar-refractivity contribution in [3.63, 3.8) is 0 Å². The Morgan fingerprint density at radius 1 is 1.53 bits per heavy atom. The highest BCUT2D eigenvalue weighted by molar-refractivity contribution is 6.21. The maximum atomic E-state index is 11.6. The molecule has 0 aromatic carbocycles. The number of alkyl carbamates (subject to hydrolysis) is 1. The molecule has 100 valence electrons. The van der Waals surface area contributed by atoms with Crippen LogP contribution in [0.5, 0.6) is 0 Å². The summed E-state index contributed by atoms with van der Waals surface area (Å²) in [4.78, 5) is 11.6. The third kappa shape index (κ3) is 4.69. The molecule has 0 aromatic rings. The van der Waals surface area contributed by atoms with Crippen LogP contribution in [-0.4, -0.2) is 47.9 Å². The van der Waals surface area contributed by atoms with E-state index in [0.717, 1.165) is 0 Å². The van der Waals surface area contributed by atoms with Crippen molar-refractivity contribution in [1.82, 2.24) is 10.6 Å². The van der Waals surface area contributed by atoms with Gasteiger partial charge in [-0.05, 0) is 20.8 Å². The van der Waals surface area contributed by atoms with Gasteiger partial charge in [0.25, 0.3) is 0 Å². The Hall–Kier alpha value is -0.520. The number of rotatable bonds is 2. The molecule has 0 saturated carbocycles. The molecule has 1 heterocycles. The van der Waals surface area contributed by atoms with E-state index in [1.807, 2.05) is 0 Å². The standard InChI is InChI=1S/C11H21ClN2O3/c1-11(2,3)17-10(16)14-9-5-13-4-8(12)7(9)6-15/h7-9,13,15H,4-6H2,1-3H3,(H,14,16). The first-order chi connectivity index (χ1) is 7.83. The van der Waals surface area contributed by atoms with Gasteiger partial charge in [-0.15, -0.1) is 11.6 Å². The molecule has 0 spiro atoms. The third-order valence-corrected chi connectivity index (χ3v) is 3.08. The van der Waals surface area contributed by atoms with Crippen LogP contribution in [0.2, 0.25) is 0 Å². The first kappa shape index (κ1) is 14.5. The SMILES string of the molecule is CC(C)(C)OC(=O)NC1CNCC(Cl)C1CO. The summed E-state index contributed by atoms with van der Waals surface area (Å²) in [6.07, 6.45) is -0.478. The molecule has 3 N–H and O–H groups in total. The van der Waals surface area contributed by atoms with Crippen LogP contribution in [-0.2, 0) is 4.74 Å². The molecule has 0 aromatic heterocycles. The highest BCUT2D eigenvalue weighted by atomic mass is 35.5. The van der Waals surface area contributed by atoms with Crippen molar-refractivity contribution in [1.29, 1.82) is 0 Å². The smallest absolute Gasteiger partial charge is 0.407 e. The Morgan fingerprint density at radius 2 is 2.18 bits per heavy atom. The predicted octanol–water partition coefficient (Wildman–Crippen LogP) is 0.699. The number of nitrogens with one attached hydrogen (secondary N) is 2. The minimum Gasteiger partial charge on any atom is -0.444 e. The molecule has 1 saturated heterocycles. The van der Waals surface area contributed by atoms with Crippen LogP contribution in [0.1, 0.15) is 20.8 Å². The van der Waals surface area contributed by atoms with Crippen molar-refractivity contribution in [3.05, 3.63) is 0 Å². The molecule has 1 aliphatic rings. The van der Waals surface area contributed by atoms with Gasteiger partial charge in [0.1, 0.15) is 5.60 Å². The van der Waals surface area contributed by atoms with Gasteiger partial charge >= 0.3 is 6.09 Å². The van der Waals surface area contributed by atoms with E-state index in [0.29, 0.717) is 13.1 Å². The van der Waals surface area contributed by atoms with Gasteiger partial charge in [0.05, 0.1) is 11.4 Å². The number of piperidine rings is 1. The van der Waals surface area contributed by atoms with Gasteiger partial charge < -0.3 is 20.5 Å². The summed E-state index contributed by atoms with van der Waals surface area (Å²) in [6.45, 7) is 6.60. The maximum absolute atomic E-state index is 11.6. The Kier molecular flexibility index (Phi) is 5.04. The minimum absolute atomic E-state index is 0.0453. The fourth-order valence-electron chi connectivity index (χ4n) is 1.79. The van der Waals surface area contributed by atoms with E-state index < -0.39 is 11.7 Å². The van der Waals surface area contributed by atoms with E-state index in [1.54, 1.807) is 20.8 Å². The number of amides is 1. The van der Waals surface area contributed by atoms with Crippen LogP contribution in [0.3, 0.4) is 0 Å². The second-order valence-electron chi connectivity index (χ2n) is 5.27. The number of hydrogen-bond acceptors (Lipinski definition) is 4. The predicted molar refractivity (Wildman–Crippen MR) is 66.2 cm³/mol. The average Bonchev–Trinajstić information content (AvgIpc) is 2.14. The van der Waals surface area contributed by atoms with Gasteiger partial charge in [0.2, 0.25) is 0 Å². The topological polar surface area (TPSA) is 70.6 Å². The number of aliphatic hydroxyl groups excluding tert-OH is 1. The molecular formula is C11H21ClN2O3. The first-order valence-electron chi connectivity index (χ1n) is 5.78. The summed E-state index contributed by atoms with van der Waals surface area (Å²) >= 11 is 6.08. The number of carbonyl (C=O) groups is 1. The molecule has 6 heteroatoms. The van der Waals surface area contributed by atoms with E-state index in [2.05, 4.69) is 10.6 Å². The zero-order valence-electron chi connectivity index (χ0n) is 10.5. The molecule has 1 amide bonds. The van der Waals surface area contributed by atoms with Crippen molar-refractivity contribution in [2.24, 2.45) is 5.92 Å². The normalized spacial score (nSPS) is 29.8. The second kappa shape index (κ2) is 5.89. The molecule has 17 heavy (non-hydrogen) atoms. The summed E-state index contributed by atoms with van der Waals surface area (Å²) in [6, 6.07) is -0.203. The van der Waals surface area contributed by atoms with Crippen molar-refractivity contribution in [2.45, 2.75) is 37.8 Å². The molecule has 1 rings (SSSR count). The lowest BCUT2D eigenvalue weighted by atomic mass is 9.93. The van der Waals surface area contributed by atoms with Crippen molar-refractivity contribution in [3.8, 4) is 0 Å². The Labute approximate surface area is 107 Å². The lowest BCUT2D eigenvalue weighted by Crippen LogP contribution is -2.57. The van der Waals surface area contributed by atoms with Gasteiger partial charge in [-0.25, -0.2) is 4.79 Å². The number of aliphatic hydroxyl groups is 1. The number of ether oxygens (including phenoxy) is 1. The Balaban J connectivity index is 2.51. The van der Waals surface area contributed by atoms with Crippen LogP contribution in [0, 0.1) is 5.92 Å². The minimum atomic E-state index is -0.527. The van der Waals surface area contributed by atoms with Gasteiger partial charge in [-0.3, -0.25) is 0 Å². The summed E-state index contributed by atoms with van der Waals surface area (Å²) in [5.41, 5.74) is -0.527. The highest BCUT2D eigenvalue weighted by Gasteiger charge is 2.33. The van der Waals surface area contributed by atoms with Gasteiger partial charge in [-0.1, -0.05) is 0 Å². The number of carbonyl (C=O) groups excluding carboxylic acids is 1. The van der Waals surface area contributed by atoms with Crippen molar-refractivity contribution >= 4 is 17.7 Å². The van der Waals surface area contributed by atoms with Gasteiger partial charge in [0, 0.05) is 25.6 Å². The monoisotopic (exact) mass is 264 g/mol. The first-order valence-corrected chi connectivity index (χ1v) is 6.22. The second-order valence-corrected chi connectivity index (χ2v) is 5.83. The fourth-order valence-corrected chi connectivity index (χ4v) is 2.15. The Morgan fingerprint density at radius 3 is 2.71 bits per heavy atom. The van der Waals surface area contributed by atoms with Gasteiger partial charge in [-0.2, -0.15) is 0 Å². The van der Waals surface area contributed by atoms with E-state index in [9.17, 15) is 9.90 Å². The summed E-state index contributed by atoms with van der Waals surface area (Å²) in [5.74, 6) is -0.148. The van der Waals surface area contributed by atoms with Gasteiger partial charge in [0.15, 0.2) is 0 Å². The zero-order chi connectivity index (χ0) is 13.1. The number of halogens is 1. The summed E-state index contributed by atoms with van der Waals surface area (Å²) < 4.78 is 5.17. The molecular weight excluding hydrogens is 244 g/mol. The molecule has 0 aliphatic carbocycles. The van der Waals surface area contributed by atoms with E-state index in [1.165, 1.54) is 0 Å². The lowest BCUT2D eigenvalue weighted by Gasteiger charge is -2.35. The van der Waals surface area contributed by atoms with Crippen LogP contribution in [0.15, 0.2) is 0 Å². The van der Waals surface area contributed by atoms with E-state index in [-0.39, 0.29) is 23.9 Å². The van der Waals surface area contributed by atoms with Crippen molar-refractivity contribution in [2.75, 3.05) is 19.7 Å². The number of hydrogen-bond donors (Lipinski definition) is 3. The molecule has 1 aliphatic heterocycles. The fraction of sp³-hybridized carbons (Fsp3) is 0.909. The zero-order valence-corrected chi connectivity index (χ0v) is 11.3. The highest BCUT2D eigenvalue weighted by Crippen LogP contribution is 2.18.